The summed E-state index contributed by atoms with van der Waals surface area (Å²) in [6.45, 7) is -0.172. The number of aliphatic carboxylic acids is 1. The van der Waals surface area contributed by atoms with Gasteiger partial charge in [-0.2, -0.15) is 0 Å². The summed E-state index contributed by atoms with van der Waals surface area (Å²) in [5.74, 6) is -0.988. The number of fused-ring (bicyclic) bond motifs is 1. The van der Waals surface area contributed by atoms with Gasteiger partial charge in [-0.25, -0.2) is 9.78 Å². The van der Waals surface area contributed by atoms with E-state index < -0.39 is 12.0 Å². The molecule has 0 aliphatic rings. The molecule has 0 bridgehead atoms. The molecule has 3 N–H and O–H groups in total. The number of para-hydroxylation sites is 1. The van der Waals surface area contributed by atoms with Crippen molar-refractivity contribution in [2.45, 2.75) is 12.5 Å². The third-order valence-corrected chi connectivity index (χ3v) is 3.28. The smallest absolute Gasteiger partial charge is 0.326 e. The van der Waals surface area contributed by atoms with E-state index in [1.54, 1.807) is 0 Å². The molecule has 1 atom stereocenters. The van der Waals surface area contributed by atoms with Gasteiger partial charge in [0.05, 0.1) is 10.2 Å². The lowest BCUT2D eigenvalue weighted by Gasteiger charge is -2.11. The molecule has 2 rings (SSSR count). The number of carboxylic acids is 1. The summed E-state index contributed by atoms with van der Waals surface area (Å²) in [5.41, 5.74) is 0.841. The number of aromatic nitrogens is 1. The first-order valence-corrected chi connectivity index (χ1v) is 5.98. The van der Waals surface area contributed by atoms with Crippen LogP contribution in [-0.2, 0) is 4.79 Å². The van der Waals surface area contributed by atoms with Crippen LogP contribution in [-0.4, -0.2) is 33.8 Å². The second kappa shape index (κ2) is 5.11. The molecule has 0 spiro atoms. The number of nitrogens with one attached hydrogen (secondary N) is 1. The van der Waals surface area contributed by atoms with Gasteiger partial charge >= 0.3 is 5.97 Å². The van der Waals surface area contributed by atoms with Gasteiger partial charge in [-0.1, -0.05) is 23.5 Å². The van der Waals surface area contributed by atoms with E-state index in [1.165, 1.54) is 11.3 Å². The van der Waals surface area contributed by atoms with Crippen molar-refractivity contribution >= 4 is 32.7 Å². The molecule has 5 nitrogen and oxygen atoms in total. The number of aliphatic hydroxyl groups excluding tert-OH is 1. The van der Waals surface area contributed by atoms with Gasteiger partial charge in [-0.05, 0) is 12.1 Å². The number of hydrogen-bond donors (Lipinski definition) is 3. The predicted molar refractivity (Wildman–Crippen MR) is 66.4 cm³/mol. The Morgan fingerprint density at radius 2 is 2.24 bits per heavy atom. The molecule has 17 heavy (non-hydrogen) atoms. The van der Waals surface area contributed by atoms with E-state index in [4.69, 9.17) is 10.2 Å². The number of benzene rings is 1. The highest BCUT2D eigenvalue weighted by Gasteiger charge is 2.17. The van der Waals surface area contributed by atoms with E-state index in [1.807, 2.05) is 24.3 Å². The fourth-order valence-corrected chi connectivity index (χ4v) is 2.39. The molecule has 0 aliphatic heterocycles. The van der Waals surface area contributed by atoms with Crippen LogP contribution in [0.15, 0.2) is 24.3 Å². The third-order valence-electron chi connectivity index (χ3n) is 2.31. The highest BCUT2D eigenvalue weighted by molar-refractivity contribution is 7.22. The van der Waals surface area contributed by atoms with Gasteiger partial charge < -0.3 is 15.5 Å². The molecule has 1 aromatic carbocycles. The zero-order valence-corrected chi connectivity index (χ0v) is 9.78. The Morgan fingerprint density at radius 3 is 2.88 bits per heavy atom. The molecule has 0 saturated carbocycles. The molecule has 2 aromatic rings. The minimum atomic E-state index is -0.988. The molecule has 90 valence electrons. The van der Waals surface area contributed by atoms with Crippen molar-refractivity contribution in [3.05, 3.63) is 24.3 Å². The van der Waals surface area contributed by atoms with Gasteiger partial charge in [0.15, 0.2) is 5.13 Å². The van der Waals surface area contributed by atoms with Crippen molar-refractivity contribution in [1.29, 1.82) is 0 Å². The fraction of sp³-hybridized carbons (Fsp3) is 0.273. The number of thiazole rings is 1. The lowest BCUT2D eigenvalue weighted by atomic mass is 10.2. The van der Waals surface area contributed by atoms with Crippen molar-refractivity contribution in [1.82, 2.24) is 4.98 Å². The molecule has 0 aliphatic carbocycles. The number of nitrogens with zero attached hydrogens (tertiary/aromatic N) is 1. The van der Waals surface area contributed by atoms with Gasteiger partial charge in [-0.3, -0.25) is 0 Å². The Labute approximate surface area is 102 Å². The molecule has 0 saturated heterocycles. The molecule has 6 heteroatoms. The van der Waals surface area contributed by atoms with E-state index >= 15 is 0 Å². The standard InChI is InChI=1S/C11H12N2O3S/c14-6-5-8(10(15)16)13-11-12-7-3-1-2-4-9(7)17-11/h1-4,8,14H,5-6H2,(H,12,13)(H,15,16)/t8-/m0/s1. The second-order valence-corrected chi connectivity index (χ2v) is 4.56. The van der Waals surface area contributed by atoms with Crippen LogP contribution < -0.4 is 5.32 Å². The quantitative estimate of drug-likeness (QED) is 0.752. The molecule has 0 radical (unpaired) electrons. The Hall–Kier alpha value is -1.66. The fourth-order valence-electron chi connectivity index (χ4n) is 1.47. The Morgan fingerprint density at radius 1 is 1.47 bits per heavy atom. The predicted octanol–water partition coefficient (Wildman–Crippen LogP) is 1.54. The van der Waals surface area contributed by atoms with Crippen LogP contribution in [0, 0.1) is 0 Å². The summed E-state index contributed by atoms with van der Waals surface area (Å²) < 4.78 is 1.00. The summed E-state index contributed by atoms with van der Waals surface area (Å²) >= 11 is 1.40. The lowest BCUT2D eigenvalue weighted by molar-refractivity contribution is -0.138. The average Bonchev–Trinajstić information content (AvgIpc) is 2.70. The summed E-state index contributed by atoms with van der Waals surface area (Å²) in [6, 6.07) is 6.79. The van der Waals surface area contributed by atoms with Crippen LogP contribution in [0.2, 0.25) is 0 Å². The second-order valence-electron chi connectivity index (χ2n) is 3.53. The summed E-state index contributed by atoms with van der Waals surface area (Å²) in [4.78, 5) is 15.2. The van der Waals surface area contributed by atoms with Crippen molar-refractivity contribution in [3.63, 3.8) is 0 Å². The van der Waals surface area contributed by atoms with E-state index in [2.05, 4.69) is 10.3 Å². The first-order chi connectivity index (χ1) is 8.20. The van der Waals surface area contributed by atoms with Gasteiger partial charge in [0.2, 0.25) is 0 Å². The summed E-state index contributed by atoms with van der Waals surface area (Å²) in [7, 11) is 0. The van der Waals surface area contributed by atoms with E-state index in [0.717, 1.165) is 10.2 Å². The highest BCUT2D eigenvalue weighted by atomic mass is 32.1. The Balaban J connectivity index is 2.19. The SMILES string of the molecule is O=C(O)[C@H](CCO)Nc1nc2ccccc2s1. The number of hydrogen-bond acceptors (Lipinski definition) is 5. The van der Waals surface area contributed by atoms with Crippen LogP contribution in [0.1, 0.15) is 6.42 Å². The average molecular weight is 252 g/mol. The minimum absolute atomic E-state index is 0.158. The van der Waals surface area contributed by atoms with Crippen LogP contribution in [0.3, 0.4) is 0 Å². The topological polar surface area (TPSA) is 82.5 Å². The number of anilines is 1. The van der Waals surface area contributed by atoms with Crippen molar-refractivity contribution < 1.29 is 15.0 Å². The minimum Gasteiger partial charge on any atom is -0.480 e. The molecule has 0 unspecified atom stereocenters. The summed E-state index contributed by atoms with van der Waals surface area (Å²) in [6.07, 6.45) is 0.158. The molecule has 1 aromatic heterocycles. The van der Waals surface area contributed by atoms with Crippen molar-refractivity contribution in [3.8, 4) is 0 Å². The first kappa shape index (κ1) is 11.8. The zero-order valence-electron chi connectivity index (χ0n) is 8.96. The van der Waals surface area contributed by atoms with Gasteiger partial charge in [0, 0.05) is 13.0 Å². The Kier molecular flexibility index (Phi) is 3.55. The van der Waals surface area contributed by atoms with E-state index in [-0.39, 0.29) is 13.0 Å². The lowest BCUT2D eigenvalue weighted by Crippen LogP contribution is -2.30. The maximum Gasteiger partial charge on any atom is 0.326 e. The summed E-state index contributed by atoms with van der Waals surface area (Å²) in [5, 5.41) is 21.1. The van der Waals surface area contributed by atoms with Gasteiger partial charge in [-0.15, -0.1) is 0 Å². The Bertz CT molecular complexity index is 493. The van der Waals surface area contributed by atoms with E-state index in [9.17, 15) is 4.79 Å². The van der Waals surface area contributed by atoms with Crippen LogP contribution in [0.4, 0.5) is 5.13 Å². The largest absolute Gasteiger partial charge is 0.480 e. The van der Waals surface area contributed by atoms with Gasteiger partial charge in [0.25, 0.3) is 0 Å². The number of aliphatic hydroxyl groups is 1. The molecule has 1 heterocycles. The van der Waals surface area contributed by atoms with Gasteiger partial charge in [0.1, 0.15) is 6.04 Å². The maximum atomic E-state index is 10.9. The maximum absolute atomic E-state index is 10.9. The van der Waals surface area contributed by atoms with Crippen LogP contribution in [0.5, 0.6) is 0 Å². The normalized spacial score (nSPS) is 12.5. The molecule has 0 amide bonds. The molecular formula is C11H12N2O3S. The zero-order chi connectivity index (χ0) is 12.3. The van der Waals surface area contributed by atoms with Crippen molar-refractivity contribution in [2.24, 2.45) is 0 Å². The van der Waals surface area contributed by atoms with E-state index in [0.29, 0.717) is 5.13 Å². The van der Waals surface area contributed by atoms with Crippen LogP contribution in [0.25, 0.3) is 10.2 Å². The third kappa shape index (κ3) is 2.72. The monoisotopic (exact) mass is 252 g/mol. The number of rotatable bonds is 5. The van der Waals surface area contributed by atoms with Crippen molar-refractivity contribution in [2.75, 3.05) is 11.9 Å². The number of carboxylic acid groups (broad SMARTS) is 1. The molecular weight excluding hydrogens is 240 g/mol. The number of carbonyl (C=O) groups is 1. The first-order valence-electron chi connectivity index (χ1n) is 5.16. The van der Waals surface area contributed by atoms with Crippen LogP contribution >= 0.6 is 11.3 Å². The molecule has 0 fully saturated rings. The highest BCUT2D eigenvalue weighted by Crippen LogP contribution is 2.26.